The Kier molecular flexibility index (Phi) is 3.68. The number of rotatable bonds is 4. The highest BCUT2D eigenvalue weighted by molar-refractivity contribution is 5.51. The van der Waals surface area contributed by atoms with Gasteiger partial charge in [0, 0.05) is 12.7 Å². The summed E-state index contributed by atoms with van der Waals surface area (Å²) in [5.41, 5.74) is 0.828. The fourth-order valence-electron chi connectivity index (χ4n) is 1.08. The van der Waals surface area contributed by atoms with Gasteiger partial charge in [0.1, 0.15) is 11.9 Å². The molecule has 0 aliphatic rings. The van der Waals surface area contributed by atoms with Gasteiger partial charge in [-0.2, -0.15) is 5.26 Å². The van der Waals surface area contributed by atoms with Crippen molar-refractivity contribution >= 4 is 5.82 Å². The molecule has 3 nitrogen and oxygen atoms in total. The minimum atomic E-state index is 0.226. The van der Waals surface area contributed by atoms with E-state index in [4.69, 9.17) is 5.26 Å². The predicted molar refractivity (Wildman–Crippen MR) is 61.5 cm³/mol. The lowest BCUT2D eigenvalue weighted by molar-refractivity contribution is 0.376. The number of nitrogens with one attached hydrogen (secondary N) is 1. The van der Waals surface area contributed by atoms with Crippen LogP contribution in [0.3, 0.4) is 0 Å². The molecule has 0 aliphatic heterocycles. The number of pyridine rings is 1. The minimum absolute atomic E-state index is 0.226. The molecule has 1 rings (SSSR count). The van der Waals surface area contributed by atoms with E-state index < -0.39 is 0 Å². The molecule has 1 aromatic rings. The fourth-order valence-corrected chi connectivity index (χ4v) is 1.08. The lowest BCUT2D eigenvalue weighted by Gasteiger charge is -2.23. The van der Waals surface area contributed by atoms with Gasteiger partial charge in [0.15, 0.2) is 0 Å². The molecule has 80 valence electrons. The smallest absolute Gasteiger partial charge is 0.143 e. The first-order chi connectivity index (χ1) is 7.09. The summed E-state index contributed by atoms with van der Waals surface area (Å²) in [6.07, 6.45) is 2.79. The van der Waals surface area contributed by atoms with E-state index in [0.717, 1.165) is 13.0 Å². The molecule has 0 spiro atoms. The zero-order chi connectivity index (χ0) is 11.3. The van der Waals surface area contributed by atoms with E-state index in [1.807, 2.05) is 0 Å². The Morgan fingerprint density at radius 3 is 2.87 bits per heavy atom. The molecule has 0 aliphatic carbocycles. The van der Waals surface area contributed by atoms with Gasteiger partial charge in [0.2, 0.25) is 0 Å². The summed E-state index contributed by atoms with van der Waals surface area (Å²) in [5.74, 6) is 0.682. The second-order valence-electron chi connectivity index (χ2n) is 4.38. The first-order valence-electron chi connectivity index (χ1n) is 5.18. The molecule has 1 heterocycles. The molecule has 0 saturated heterocycles. The average Bonchev–Trinajstić information content (AvgIpc) is 2.27. The second-order valence-corrected chi connectivity index (χ2v) is 4.38. The highest BCUT2D eigenvalue weighted by atomic mass is 15.0. The lowest BCUT2D eigenvalue weighted by Crippen LogP contribution is -2.22. The average molecular weight is 203 g/mol. The molecule has 1 N–H and O–H groups in total. The fraction of sp³-hybridized carbons (Fsp3) is 0.500. The number of aromatic nitrogens is 1. The summed E-state index contributed by atoms with van der Waals surface area (Å²) in [7, 11) is 0. The third-order valence-electron chi connectivity index (χ3n) is 2.62. The Labute approximate surface area is 91.1 Å². The van der Waals surface area contributed by atoms with Crippen molar-refractivity contribution in [1.82, 2.24) is 4.98 Å². The molecule has 0 amide bonds. The van der Waals surface area contributed by atoms with Crippen molar-refractivity contribution in [1.29, 1.82) is 5.26 Å². The Morgan fingerprint density at radius 2 is 2.27 bits per heavy atom. The normalized spacial score (nSPS) is 10.8. The van der Waals surface area contributed by atoms with Gasteiger partial charge in [-0.25, -0.2) is 4.98 Å². The summed E-state index contributed by atoms with van der Waals surface area (Å²) < 4.78 is 0. The molecular weight excluding hydrogens is 186 g/mol. The summed E-state index contributed by atoms with van der Waals surface area (Å²) >= 11 is 0. The van der Waals surface area contributed by atoms with Gasteiger partial charge in [-0.05, 0) is 24.0 Å². The third kappa shape index (κ3) is 3.25. The van der Waals surface area contributed by atoms with Gasteiger partial charge >= 0.3 is 0 Å². The van der Waals surface area contributed by atoms with Crippen molar-refractivity contribution in [2.75, 3.05) is 11.9 Å². The Hall–Kier alpha value is -1.56. The monoisotopic (exact) mass is 203 g/mol. The van der Waals surface area contributed by atoms with Gasteiger partial charge in [0.05, 0.1) is 5.56 Å². The van der Waals surface area contributed by atoms with Crippen LogP contribution in [0, 0.1) is 16.7 Å². The van der Waals surface area contributed by atoms with Crippen molar-refractivity contribution in [2.45, 2.75) is 27.2 Å². The molecule has 0 atom stereocenters. The maximum Gasteiger partial charge on any atom is 0.143 e. The largest absolute Gasteiger partial charge is 0.368 e. The van der Waals surface area contributed by atoms with Gasteiger partial charge in [-0.15, -0.1) is 0 Å². The van der Waals surface area contributed by atoms with Gasteiger partial charge in [-0.1, -0.05) is 20.8 Å². The summed E-state index contributed by atoms with van der Waals surface area (Å²) in [5, 5.41) is 12.1. The number of hydrogen-bond donors (Lipinski definition) is 1. The Morgan fingerprint density at radius 1 is 1.53 bits per heavy atom. The molecule has 0 unspecified atom stereocenters. The molecule has 15 heavy (non-hydrogen) atoms. The van der Waals surface area contributed by atoms with E-state index in [1.165, 1.54) is 0 Å². The molecule has 0 aromatic carbocycles. The van der Waals surface area contributed by atoms with Gasteiger partial charge in [-0.3, -0.25) is 0 Å². The quantitative estimate of drug-likeness (QED) is 0.818. The van der Waals surface area contributed by atoms with Crippen LogP contribution in [0.1, 0.15) is 32.8 Å². The minimum Gasteiger partial charge on any atom is -0.368 e. The number of nitrogens with zero attached hydrogens (tertiary/aromatic N) is 2. The number of hydrogen-bond acceptors (Lipinski definition) is 3. The first-order valence-corrected chi connectivity index (χ1v) is 5.18. The number of nitriles is 1. The standard InChI is InChI=1S/C12H17N3/c1-4-12(2,3)9-15-11-10(8-13)6-5-7-14-11/h5-7H,4,9H2,1-3H3,(H,14,15). The van der Waals surface area contributed by atoms with Crippen molar-refractivity contribution in [3.63, 3.8) is 0 Å². The SMILES string of the molecule is CCC(C)(C)CNc1ncccc1C#N. The van der Waals surface area contributed by atoms with Crippen LogP contribution in [0.15, 0.2) is 18.3 Å². The molecular formula is C12H17N3. The van der Waals surface area contributed by atoms with Crippen molar-refractivity contribution in [3.05, 3.63) is 23.9 Å². The van der Waals surface area contributed by atoms with Crippen molar-refractivity contribution < 1.29 is 0 Å². The van der Waals surface area contributed by atoms with Crippen LogP contribution in [0.4, 0.5) is 5.82 Å². The Balaban J connectivity index is 2.70. The summed E-state index contributed by atoms with van der Waals surface area (Å²) in [6, 6.07) is 5.67. The molecule has 0 bridgehead atoms. The van der Waals surface area contributed by atoms with Gasteiger partial charge < -0.3 is 5.32 Å². The van der Waals surface area contributed by atoms with Gasteiger partial charge in [0.25, 0.3) is 0 Å². The number of anilines is 1. The topological polar surface area (TPSA) is 48.7 Å². The lowest BCUT2D eigenvalue weighted by atomic mass is 9.90. The van der Waals surface area contributed by atoms with Crippen molar-refractivity contribution in [3.8, 4) is 6.07 Å². The third-order valence-corrected chi connectivity index (χ3v) is 2.62. The van der Waals surface area contributed by atoms with Crippen LogP contribution in [0.2, 0.25) is 0 Å². The van der Waals surface area contributed by atoms with Crippen molar-refractivity contribution in [2.24, 2.45) is 5.41 Å². The highest BCUT2D eigenvalue weighted by Gasteiger charge is 2.15. The van der Waals surface area contributed by atoms with Crippen LogP contribution in [0.25, 0.3) is 0 Å². The van der Waals surface area contributed by atoms with Crippen LogP contribution in [0.5, 0.6) is 0 Å². The van der Waals surface area contributed by atoms with Crippen LogP contribution < -0.4 is 5.32 Å². The Bertz CT molecular complexity index is 363. The molecule has 3 heteroatoms. The summed E-state index contributed by atoms with van der Waals surface area (Å²) in [4.78, 5) is 4.15. The molecule has 0 fully saturated rings. The van der Waals surface area contributed by atoms with E-state index in [-0.39, 0.29) is 5.41 Å². The van der Waals surface area contributed by atoms with E-state index in [1.54, 1.807) is 18.3 Å². The van der Waals surface area contributed by atoms with Crippen LogP contribution >= 0.6 is 0 Å². The van der Waals surface area contributed by atoms with E-state index in [0.29, 0.717) is 11.4 Å². The maximum absolute atomic E-state index is 8.88. The molecule has 1 aromatic heterocycles. The molecule has 0 saturated carbocycles. The first kappa shape index (κ1) is 11.5. The zero-order valence-electron chi connectivity index (χ0n) is 9.54. The van der Waals surface area contributed by atoms with Crippen LogP contribution in [-0.2, 0) is 0 Å². The van der Waals surface area contributed by atoms with E-state index >= 15 is 0 Å². The van der Waals surface area contributed by atoms with E-state index in [2.05, 4.69) is 37.1 Å². The summed E-state index contributed by atoms with van der Waals surface area (Å²) in [6.45, 7) is 7.37. The molecule has 0 radical (unpaired) electrons. The highest BCUT2D eigenvalue weighted by Crippen LogP contribution is 2.20. The van der Waals surface area contributed by atoms with E-state index in [9.17, 15) is 0 Å². The predicted octanol–water partition coefficient (Wildman–Crippen LogP) is 2.80. The van der Waals surface area contributed by atoms with Crippen LogP contribution in [-0.4, -0.2) is 11.5 Å². The second kappa shape index (κ2) is 4.79. The zero-order valence-corrected chi connectivity index (χ0v) is 9.54. The maximum atomic E-state index is 8.88.